The molecule has 0 radical (unpaired) electrons. The topological polar surface area (TPSA) is 48.1 Å². The highest BCUT2D eigenvalue weighted by Crippen LogP contribution is 2.18. The third-order valence-electron chi connectivity index (χ3n) is 4.34. The van der Waals surface area contributed by atoms with Crippen molar-refractivity contribution in [2.45, 2.75) is 26.8 Å². The maximum absolute atomic E-state index is 5.89. The Morgan fingerprint density at radius 2 is 2.00 bits per heavy atom. The Bertz CT molecular complexity index is 614. The SMILES string of the molecule is CCc1n[nH]c(CN2CCN(c3ccc(Cl)cn3)CC2)c1C. The summed E-state index contributed by atoms with van der Waals surface area (Å²) in [6.07, 6.45) is 2.70. The van der Waals surface area contributed by atoms with Crippen molar-refractivity contribution >= 4 is 17.4 Å². The van der Waals surface area contributed by atoms with E-state index >= 15 is 0 Å². The lowest BCUT2D eigenvalue weighted by molar-refractivity contribution is 0.246. The maximum atomic E-state index is 5.89. The molecule has 3 rings (SSSR count). The number of aromatic nitrogens is 3. The van der Waals surface area contributed by atoms with Crippen molar-refractivity contribution in [1.82, 2.24) is 20.1 Å². The van der Waals surface area contributed by atoms with E-state index in [0.717, 1.165) is 45.0 Å². The van der Waals surface area contributed by atoms with Crippen molar-refractivity contribution in [1.29, 1.82) is 0 Å². The van der Waals surface area contributed by atoms with Crippen molar-refractivity contribution in [3.63, 3.8) is 0 Å². The molecular weight excluding hydrogens is 298 g/mol. The summed E-state index contributed by atoms with van der Waals surface area (Å²) in [6, 6.07) is 3.89. The molecule has 0 unspecified atom stereocenters. The van der Waals surface area contributed by atoms with Gasteiger partial charge in [-0.1, -0.05) is 18.5 Å². The molecule has 0 aromatic carbocycles. The summed E-state index contributed by atoms with van der Waals surface area (Å²) >= 11 is 5.89. The summed E-state index contributed by atoms with van der Waals surface area (Å²) in [5.74, 6) is 1.01. The average molecular weight is 320 g/mol. The van der Waals surface area contributed by atoms with Gasteiger partial charge in [0.1, 0.15) is 5.82 Å². The number of halogens is 1. The van der Waals surface area contributed by atoms with Crippen LogP contribution in [-0.4, -0.2) is 46.3 Å². The Balaban J connectivity index is 1.57. The second kappa shape index (κ2) is 6.67. The Morgan fingerprint density at radius 3 is 2.59 bits per heavy atom. The molecule has 118 valence electrons. The molecule has 3 heterocycles. The van der Waals surface area contributed by atoms with Crippen LogP contribution in [0.2, 0.25) is 5.02 Å². The monoisotopic (exact) mass is 319 g/mol. The number of piperazine rings is 1. The number of aromatic amines is 1. The molecule has 6 heteroatoms. The van der Waals surface area contributed by atoms with E-state index in [1.807, 2.05) is 12.1 Å². The number of H-pyrrole nitrogens is 1. The van der Waals surface area contributed by atoms with Gasteiger partial charge in [0.15, 0.2) is 0 Å². The number of rotatable bonds is 4. The zero-order valence-corrected chi connectivity index (χ0v) is 13.9. The minimum atomic E-state index is 0.684. The second-order valence-corrected chi connectivity index (χ2v) is 6.16. The minimum Gasteiger partial charge on any atom is -0.354 e. The molecule has 0 atom stereocenters. The number of aryl methyl sites for hydroxylation is 1. The van der Waals surface area contributed by atoms with Crippen LogP contribution in [0.5, 0.6) is 0 Å². The lowest BCUT2D eigenvalue weighted by Crippen LogP contribution is -2.46. The molecule has 1 aliphatic heterocycles. The van der Waals surface area contributed by atoms with Gasteiger partial charge < -0.3 is 4.90 Å². The Hall–Kier alpha value is -1.59. The van der Waals surface area contributed by atoms with E-state index in [1.54, 1.807) is 6.20 Å². The third-order valence-corrected chi connectivity index (χ3v) is 4.56. The summed E-state index contributed by atoms with van der Waals surface area (Å²) in [5.41, 5.74) is 3.73. The van der Waals surface area contributed by atoms with Crippen LogP contribution in [0.25, 0.3) is 0 Å². The van der Waals surface area contributed by atoms with Crippen LogP contribution in [-0.2, 0) is 13.0 Å². The molecule has 1 N–H and O–H groups in total. The third kappa shape index (κ3) is 3.25. The molecule has 1 fully saturated rings. The van der Waals surface area contributed by atoms with Gasteiger partial charge in [0.25, 0.3) is 0 Å². The second-order valence-electron chi connectivity index (χ2n) is 5.73. The molecule has 0 aliphatic carbocycles. The highest BCUT2D eigenvalue weighted by Gasteiger charge is 2.19. The van der Waals surface area contributed by atoms with E-state index in [9.17, 15) is 0 Å². The standard InChI is InChI=1S/C16H22ClN5/c1-3-14-12(2)15(20-19-14)11-21-6-8-22(9-7-21)16-5-4-13(17)10-18-16/h4-5,10H,3,6-9,11H2,1-2H3,(H,19,20). The normalized spacial score (nSPS) is 16.2. The molecule has 0 bridgehead atoms. The van der Waals surface area contributed by atoms with Crippen LogP contribution in [0.15, 0.2) is 18.3 Å². The van der Waals surface area contributed by atoms with Crippen LogP contribution in [0.1, 0.15) is 23.9 Å². The molecule has 2 aromatic rings. The fraction of sp³-hybridized carbons (Fsp3) is 0.500. The zero-order chi connectivity index (χ0) is 15.5. The number of nitrogens with one attached hydrogen (secondary N) is 1. The number of hydrogen-bond donors (Lipinski definition) is 1. The molecule has 1 saturated heterocycles. The van der Waals surface area contributed by atoms with Gasteiger partial charge in [-0.2, -0.15) is 5.10 Å². The Kier molecular flexibility index (Phi) is 4.64. The summed E-state index contributed by atoms with van der Waals surface area (Å²) in [7, 11) is 0. The molecule has 0 saturated carbocycles. The summed E-state index contributed by atoms with van der Waals surface area (Å²) in [6.45, 7) is 9.29. The minimum absolute atomic E-state index is 0.684. The number of pyridine rings is 1. The van der Waals surface area contributed by atoms with Crippen LogP contribution in [0.3, 0.4) is 0 Å². The largest absolute Gasteiger partial charge is 0.354 e. The van der Waals surface area contributed by atoms with Gasteiger partial charge in [0.2, 0.25) is 0 Å². The zero-order valence-electron chi connectivity index (χ0n) is 13.1. The van der Waals surface area contributed by atoms with Crippen LogP contribution >= 0.6 is 11.6 Å². The fourth-order valence-electron chi connectivity index (χ4n) is 2.89. The van der Waals surface area contributed by atoms with Gasteiger partial charge in [-0.25, -0.2) is 4.98 Å². The van der Waals surface area contributed by atoms with E-state index in [4.69, 9.17) is 11.6 Å². The van der Waals surface area contributed by atoms with E-state index < -0.39 is 0 Å². The summed E-state index contributed by atoms with van der Waals surface area (Å²) < 4.78 is 0. The van der Waals surface area contributed by atoms with Crippen LogP contribution in [0.4, 0.5) is 5.82 Å². The Morgan fingerprint density at radius 1 is 1.23 bits per heavy atom. The van der Waals surface area contributed by atoms with Crippen LogP contribution < -0.4 is 4.90 Å². The van der Waals surface area contributed by atoms with E-state index in [-0.39, 0.29) is 0 Å². The molecule has 2 aromatic heterocycles. The molecule has 1 aliphatic rings. The molecule has 0 amide bonds. The molecule has 5 nitrogen and oxygen atoms in total. The number of anilines is 1. The van der Waals surface area contributed by atoms with Crippen molar-refractivity contribution in [2.75, 3.05) is 31.1 Å². The first kappa shape index (κ1) is 15.3. The first-order chi connectivity index (χ1) is 10.7. The van der Waals surface area contributed by atoms with E-state index in [1.165, 1.54) is 17.0 Å². The van der Waals surface area contributed by atoms with Gasteiger partial charge in [-0.15, -0.1) is 0 Å². The molecule has 22 heavy (non-hydrogen) atoms. The van der Waals surface area contributed by atoms with Gasteiger partial charge in [0, 0.05) is 38.9 Å². The average Bonchev–Trinajstić information content (AvgIpc) is 2.89. The predicted octanol–water partition coefficient (Wildman–Crippen LogP) is 2.65. The van der Waals surface area contributed by atoms with Gasteiger partial charge in [-0.05, 0) is 31.0 Å². The predicted molar refractivity (Wildman–Crippen MR) is 89.4 cm³/mol. The molecule has 0 spiro atoms. The van der Waals surface area contributed by atoms with Gasteiger partial charge in [0.05, 0.1) is 16.4 Å². The lowest BCUT2D eigenvalue weighted by Gasteiger charge is -2.35. The van der Waals surface area contributed by atoms with E-state index in [2.05, 4.69) is 38.8 Å². The lowest BCUT2D eigenvalue weighted by atomic mass is 10.1. The fourth-order valence-corrected chi connectivity index (χ4v) is 3.00. The first-order valence-electron chi connectivity index (χ1n) is 7.79. The summed E-state index contributed by atoms with van der Waals surface area (Å²) in [5, 5.41) is 8.26. The Labute approximate surface area is 136 Å². The van der Waals surface area contributed by atoms with Gasteiger partial charge in [-0.3, -0.25) is 10.00 Å². The maximum Gasteiger partial charge on any atom is 0.128 e. The van der Waals surface area contributed by atoms with E-state index in [0.29, 0.717) is 5.02 Å². The van der Waals surface area contributed by atoms with Crippen molar-refractivity contribution in [3.8, 4) is 0 Å². The van der Waals surface area contributed by atoms with Crippen molar-refractivity contribution in [3.05, 3.63) is 40.3 Å². The number of hydrogen-bond acceptors (Lipinski definition) is 4. The van der Waals surface area contributed by atoms with Crippen LogP contribution in [0, 0.1) is 6.92 Å². The summed E-state index contributed by atoms with van der Waals surface area (Å²) in [4.78, 5) is 9.17. The first-order valence-corrected chi connectivity index (χ1v) is 8.16. The highest BCUT2D eigenvalue weighted by atomic mass is 35.5. The smallest absolute Gasteiger partial charge is 0.128 e. The van der Waals surface area contributed by atoms with Crippen molar-refractivity contribution < 1.29 is 0 Å². The highest BCUT2D eigenvalue weighted by molar-refractivity contribution is 6.30. The molecular formula is C16H22ClN5. The quantitative estimate of drug-likeness (QED) is 0.941. The van der Waals surface area contributed by atoms with Gasteiger partial charge >= 0.3 is 0 Å². The van der Waals surface area contributed by atoms with Crippen molar-refractivity contribution in [2.24, 2.45) is 0 Å². The number of nitrogens with zero attached hydrogens (tertiary/aromatic N) is 4.